The largest absolute Gasteiger partial charge is 0.368 e. The minimum absolute atomic E-state index is 0.498. The minimum Gasteiger partial charge on any atom is -0.368 e. The van der Waals surface area contributed by atoms with Crippen molar-refractivity contribution in [1.29, 1.82) is 0 Å². The monoisotopic (exact) mass is 549 g/mol. The highest BCUT2D eigenvalue weighted by Gasteiger charge is 2.25. The lowest BCUT2D eigenvalue weighted by Gasteiger charge is -2.38. The summed E-state index contributed by atoms with van der Waals surface area (Å²) < 4.78 is 0. The average Bonchev–Trinajstić information content (AvgIpc) is 2.93. The predicted molar refractivity (Wildman–Crippen MR) is 163 cm³/mol. The first-order chi connectivity index (χ1) is 18.4. The molecule has 0 spiro atoms. The van der Waals surface area contributed by atoms with Crippen molar-refractivity contribution >= 4 is 52.2 Å². The van der Waals surface area contributed by atoms with Crippen LogP contribution >= 0.6 is 23.8 Å². The van der Waals surface area contributed by atoms with Crippen molar-refractivity contribution in [3.8, 4) is 0 Å². The molecule has 0 aliphatic carbocycles. The van der Waals surface area contributed by atoms with Gasteiger partial charge in [0.2, 0.25) is 5.95 Å². The van der Waals surface area contributed by atoms with Crippen molar-refractivity contribution in [3.05, 3.63) is 71.2 Å². The van der Waals surface area contributed by atoms with Crippen LogP contribution < -0.4 is 25.3 Å². The van der Waals surface area contributed by atoms with Crippen molar-refractivity contribution in [2.45, 2.75) is 26.8 Å². The zero-order valence-corrected chi connectivity index (χ0v) is 23.7. The maximum atomic E-state index is 6.01. The lowest BCUT2D eigenvalue weighted by Crippen LogP contribution is -2.47. The highest BCUT2D eigenvalue weighted by molar-refractivity contribution is 7.80. The molecule has 3 heterocycles. The Kier molecular flexibility index (Phi) is 8.49. The fraction of sp³-hybridized carbons (Fsp3) is 0.414. The van der Waals surface area contributed by atoms with E-state index >= 15 is 0 Å². The zero-order chi connectivity index (χ0) is 26.5. The summed E-state index contributed by atoms with van der Waals surface area (Å²) in [6.07, 6.45) is 1.25. The molecule has 0 bridgehead atoms. The van der Waals surface area contributed by atoms with E-state index in [4.69, 9.17) is 33.8 Å². The van der Waals surface area contributed by atoms with Crippen LogP contribution in [0.25, 0.3) is 0 Å². The Morgan fingerprint density at radius 3 is 2.13 bits per heavy atom. The van der Waals surface area contributed by atoms with Crippen LogP contribution in [0.3, 0.4) is 0 Å². The van der Waals surface area contributed by atoms with Crippen molar-refractivity contribution < 1.29 is 0 Å². The third kappa shape index (κ3) is 6.85. The van der Waals surface area contributed by atoms with Gasteiger partial charge < -0.3 is 25.3 Å². The van der Waals surface area contributed by atoms with E-state index in [0.29, 0.717) is 29.4 Å². The van der Waals surface area contributed by atoms with Crippen LogP contribution in [0, 0.1) is 11.8 Å². The van der Waals surface area contributed by atoms with E-state index in [1.807, 2.05) is 24.3 Å². The molecule has 7 nitrogen and oxygen atoms in total. The first-order valence-electron chi connectivity index (χ1n) is 13.4. The van der Waals surface area contributed by atoms with Gasteiger partial charge in [-0.3, -0.25) is 0 Å². The van der Waals surface area contributed by atoms with Crippen LogP contribution in [0.15, 0.2) is 60.7 Å². The maximum Gasteiger partial charge on any atom is 0.232 e. The van der Waals surface area contributed by atoms with E-state index in [-0.39, 0.29) is 0 Å². The van der Waals surface area contributed by atoms with Crippen LogP contribution in [-0.2, 0) is 6.54 Å². The Balaban J connectivity index is 1.31. The number of nitrogens with one attached hydrogen (secondary N) is 2. The van der Waals surface area contributed by atoms with Gasteiger partial charge in [0, 0.05) is 62.6 Å². The lowest BCUT2D eigenvalue weighted by atomic mass is 9.92. The minimum atomic E-state index is 0.498. The number of rotatable bonds is 6. The lowest BCUT2D eigenvalue weighted by molar-refractivity contribution is 0.355. The number of aromatic nitrogens is 2. The smallest absolute Gasteiger partial charge is 0.232 e. The van der Waals surface area contributed by atoms with Gasteiger partial charge in [0.15, 0.2) is 5.11 Å². The first-order valence-corrected chi connectivity index (χ1v) is 14.2. The second kappa shape index (κ2) is 12.2. The molecule has 0 radical (unpaired) electrons. The van der Waals surface area contributed by atoms with Crippen LogP contribution in [-0.4, -0.2) is 54.3 Å². The van der Waals surface area contributed by atoms with Gasteiger partial charge in [-0.25, -0.2) is 0 Å². The number of piperazine rings is 1. The van der Waals surface area contributed by atoms with E-state index in [2.05, 4.69) is 75.6 Å². The van der Waals surface area contributed by atoms with E-state index in [0.717, 1.165) is 61.5 Å². The molecular weight excluding hydrogens is 514 g/mol. The molecule has 2 saturated heterocycles. The Morgan fingerprint density at radius 1 is 0.868 bits per heavy atom. The van der Waals surface area contributed by atoms with Gasteiger partial charge in [0.25, 0.3) is 0 Å². The highest BCUT2D eigenvalue weighted by Crippen LogP contribution is 2.29. The number of halogens is 1. The van der Waals surface area contributed by atoms with Crippen LogP contribution in [0.2, 0.25) is 5.02 Å². The Labute approximate surface area is 236 Å². The number of anilines is 4. The molecule has 0 unspecified atom stereocenters. The van der Waals surface area contributed by atoms with Crippen LogP contribution in [0.5, 0.6) is 0 Å². The quantitative estimate of drug-likeness (QED) is 0.395. The topological polar surface area (TPSA) is 59.6 Å². The standard InChI is InChI=1S/C29H36ClN7S/c1-21-16-22(2)20-37(19-21)27-17-26(36-14-12-35(13-15-36)25-6-4-3-5-7-25)32-28(33-27)34-29(38)31-18-23-8-10-24(30)11-9-23/h3-11,17,21-22H,12-16,18-20H2,1-2H3,(H2,31,32,33,34,38)/t21-,22-/m1/s1. The summed E-state index contributed by atoms with van der Waals surface area (Å²) in [4.78, 5) is 17.0. The van der Waals surface area contributed by atoms with Crippen molar-refractivity contribution in [2.75, 3.05) is 59.3 Å². The molecule has 1 aromatic heterocycles. The average molecular weight is 550 g/mol. The number of piperidine rings is 1. The summed E-state index contributed by atoms with van der Waals surface area (Å²) in [5.74, 6) is 3.69. The third-order valence-electron chi connectivity index (χ3n) is 7.21. The van der Waals surface area contributed by atoms with Gasteiger partial charge in [-0.2, -0.15) is 9.97 Å². The summed E-state index contributed by atoms with van der Waals surface area (Å²) in [5.41, 5.74) is 2.37. The molecule has 5 rings (SSSR count). The van der Waals surface area contributed by atoms with E-state index in [9.17, 15) is 0 Å². The molecule has 9 heteroatoms. The summed E-state index contributed by atoms with van der Waals surface area (Å²) in [6, 6.07) is 20.5. The van der Waals surface area contributed by atoms with Gasteiger partial charge in [-0.1, -0.05) is 55.8 Å². The maximum absolute atomic E-state index is 6.01. The number of hydrogen-bond donors (Lipinski definition) is 2. The molecule has 2 aromatic carbocycles. The van der Waals surface area contributed by atoms with E-state index in [1.54, 1.807) is 0 Å². The molecular formula is C29H36ClN7S. The number of para-hydroxylation sites is 1. The Hall–Kier alpha value is -3.10. The SMILES string of the molecule is C[C@@H]1C[C@@H](C)CN(c2cc(N3CCN(c4ccccc4)CC3)nc(NC(=S)NCc3ccc(Cl)cc3)n2)C1. The number of hydrogen-bond acceptors (Lipinski definition) is 6. The normalized spacial score (nSPS) is 19.8. The molecule has 2 fully saturated rings. The molecule has 2 aliphatic heterocycles. The van der Waals surface area contributed by atoms with E-state index < -0.39 is 0 Å². The predicted octanol–water partition coefficient (Wildman–Crippen LogP) is 5.43. The van der Waals surface area contributed by atoms with Crippen molar-refractivity contribution in [2.24, 2.45) is 11.8 Å². The molecule has 38 heavy (non-hydrogen) atoms. The second-order valence-corrected chi connectivity index (χ2v) is 11.3. The summed E-state index contributed by atoms with van der Waals surface area (Å²) in [7, 11) is 0. The molecule has 0 saturated carbocycles. The zero-order valence-electron chi connectivity index (χ0n) is 22.1. The first kappa shape index (κ1) is 26.5. The molecule has 0 amide bonds. The fourth-order valence-electron chi connectivity index (χ4n) is 5.41. The highest BCUT2D eigenvalue weighted by atomic mass is 35.5. The molecule has 2 N–H and O–H groups in total. The Morgan fingerprint density at radius 2 is 1.47 bits per heavy atom. The summed E-state index contributed by atoms with van der Waals surface area (Å²) in [6.45, 7) is 10.9. The summed E-state index contributed by atoms with van der Waals surface area (Å²) in [5, 5.41) is 7.73. The van der Waals surface area contributed by atoms with Gasteiger partial charge >= 0.3 is 0 Å². The molecule has 3 aromatic rings. The van der Waals surface area contributed by atoms with Crippen molar-refractivity contribution in [3.63, 3.8) is 0 Å². The van der Waals surface area contributed by atoms with Gasteiger partial charge in [0.05, 0.1) is 0 Å². The van der Waals surface area contributed by atoms with Gasteiger partial charge in [-0.05, 0) is 60.3 Å². The molecule has 200 valence electrons. The molecule has 2 aliphatic rings. The molecule has 2 atom stereocenters. The number of thiocarbonyl (C=S) groups is 1. The number of benzene rings is 2. The van der Waals surface area contributed by atoms with Gasteiger partial charge in [0.1, 0.15) is 11.6 Å². The van der Waals surface area contributed by atoms with Crippen LogP contribution in [0.4, 0.5) is 23.3 Å². The van der Waals surface area contributed by atoms with Crippen LogP contribution in [0.1, 0.15) is 25.8 Å². The van der Waals surface area contributed by atoms with E-state index in [1.165, 1.54) is 12.1 Å². The second-order valence-electron chi connectivity index (χ2n) is 10.5. The van der Waals surface area contributed by atoms with Crippen molar-refractivity contribution in [1.82, 2.24) is 15.3 Å². The fourth-order valence-corrected chi connectivity index (χ4v) is 5.70. The Bertz CT molecular complexity index is 1210. The van der Waals surface area contributed by atoms with Gasteiger partial charge in [-0.15, -0.1) is 0 Å². The number of nitrogens with zero attached hydrogens (tertiary/aromatic N) is 5. The summed E-state index contributed by atoms with van der Waals surface area (Å²) >= 11 is 11.6. The third-order valence-corrected chi connectivity index (χ3v) is 7.71.